The molecule has 0 radical (unpaired) electrons. The van der Waals surface area contributed by atoms with Gasteiger partial charge >= 0.3 is 0 Å². The van der Waals surface area contributed by atoms with Crippen molar-refractivity contribution in [3.63, 3.8) is 0 Å². The number of imide groups is 1. The van der Waals surface area contributed by atoms with Crippen LogP contribution in [0.3, 0.4) is 0 Å². The summed E-state index contributed by atoms with van der Waals surface area (Å²) in [7, 11) is 1.87. The van der Waals surface area contributed by atoms with Gasteiger partial charge in [-0.25, -0.2) is 0 Å². The number of amides is 3. The summed E-state index contributed by atoms with van der Waals surface area (Å²) in [4.78, 5) is 37.4. The number of rotatable bonds is 5. The highest BCUT2D eigenvalue weighted by atomic mass is 35.5. The summed E-state index contributed by atoms with van der Waals surface area (Å²) in [5, 5.41) is 10.3. The lowest BCUT2D eigenvalue weighted by molar-refractivity contribution is -0.125. The van der Waals surface area contributed by atoms with E-state index in [-0.39, 0.29) is 53.6 Å². The molecule has 2 saturated heterocycles. The van der Waals surface area contributed by atoms with E-state index >= 15 is 0 Å². The second-order valence-electron chi connectivity index (χ2n) is 7.04. The van der Waals surface area contributed by atoms with Crippen LogP contribution in [0.5, 0.6) is 0 Å². The van der Waals surface area contributed by atoms with Crippen molar-refractivity contribution in [1.29, 1.82) is 0 Å². The lowest BCUT2D eigenvalue weighted by Gasteiger charge is -2.17. The van der Waals surface area contributed by atoms with Crippen LogP contribution in [0, 0.1) is 5.92 Å². The lowest BCUT2D eigenvalue weighted by atomic mass is 9.90. The molecular formula is C19H22ClN5O3S. The molecule has 2 aromatic rings. The van der Waals surface area contributed by atoms with Gasteiger partial charge in [0.1, 0.15) is 0 Å². The summed E-state index contributed by atoms with van der Waals surface area (Å²) in [6.07, 6.45) is 3.76. The van der Waals surface area contributed by atoms with Crippen LogP contribution in [0.4, 0.5) is 10.5 Å². The first-order chi connectivity index (χ1) is 13.5. The Morgan fingerprint density at radius 3 is 2.66 bits per heavy atom. The zero-order chi connectivity index (χ0) is 19.7. The van der Waals surface area contributed by atoms with E-state index in [2.05, 4.69) is 15.7 Å². The third-order valence-corrected chi connectivity index (χ3v) is 5.97. The zero-order valence-electron chi connectivity index (χ0n) is 15.8. The molecular weight excluding hydrogens is 414 g/mol. The molecule has 1 aromatic heterocycles. The number of hydrogen-bond acceptors (Lipinski definition) is 6. The van der Waals surface area contributed by atoms with E-state index < -0.39 is 0 Å². The van der Waals surface area contributed by atoms with Crippen LogP contribution in [-0.4, -0.2) is 50.6 Å². The molecule has 0 unspecified atom stereocenters. The van der Waals surface area contributed by atoms with E-state index in [9.17, 15) is 14.4 Å². The zero-order valence-corrected chi connectivity index (χ0v) is 17.5. The van der Waals surface area contributed by atoms with Crippen LogP contribution in [0.25, 0.3) is 0 Å². The number of hydrogen-bond donors (Lipinski definition) is 2. The number of aromatic nitrogens is 2. The van der Waals surface area contributed by atoms with Gasteiger partial charge in [-0.15, -0.1) is 12.4 Å². The molecule has 0 aliphatic carbocycles. The van der Waals surface area contributed by atoms with Gasteiger partial charge in [-0.2, -0.15) is 5.10 Å². The minimum absolute atomic E-state index is 0. The van der Waals surface area contributed by atoms with Crippen LogP contribution in [-0.2, 0) is 23.2 Å². The molecule has 154 valence electrons. The Morgan fingerprint density at radius 1 is 1.28 bits per heavy atom. The predicted molar refractivity (Wildman–Crippen MR) is 113 cm³/mol. The quantitative estimate of drug-likeness (QED) is 0.745. The van der Waals surface area contributed by atoms with Crippen molar-refractivity contribution in [2.45, 2.75) is 12.5 Å². The molecule has 4 rings (SSSR count). The average Bonchev–Trinajstić information content (AvgIpc) is 3.40. The van der Waals surface area contributed by atoms with Gasteiger partial charge in [-0.1, -0.05) is 23.9 Å². The third-order valence-electron chi connectivity index (χ3n) is 5.11. The minimum Gasteiger partial charge on any atom is -0.326 e. The van der Waals surface area contributed by atoms with Crippen molar-refractivity contribution in [2.75, 3.05) is 24.2 Å². The van der Waals surface area contributed by atoms with E-state index in [4.69, 9.17) is 0 Å². The highest BCUT2D eigenvalue weighted by molar-refractivity contribution is 8.14. The Morgan fingerprint density at radius 2 is 2.03 bits per heavy atom. The highest BCUT2D eigenvalue weighted by Gasteiger charge is 2.34. The van der Waals surface area contributed by atoms with Gasteiger partial charge in [0.2, 0.25) is 11.8 Å². The first-order valence-electron chi connectivity index (χ1n) is 9.07. The molecule has 3 heterocycles. The highest BCUT2D eigenvalue weighted by Crippen LogP contribution is 2.29. The fraction of sp³-hybridized carbons (Fsp3) is 0.368. The molecule has 8 nitrogen and oxygen atoms in total. The largest absolute Gasteiger partial charge is 0.326 e. The van der Waals surface area contributed by atoms with Gasteiger partial charge in [0.25, 0.3) is 5.24 Å². The number of nitrogens with zero attached hydrogens (tertiary/aromatic N) is 3. The number of nitrogens with one attached hydrogen (secondary N) is 2. The van der Waals surface area contributed by atoms with Gasteiger partial charge in [0.15, 0.2) is 0 Å². The number of benzene rings is 1. The smallest absolute Gasteiger partial charge is 0.289 e. The molecule has 2 N–H and O–H groups in total. The molecule has 0 spiro atoms. The molecule has 2 fully saturated rings. The van der Waals surface area contributed by atoms with Gasteiger partial charge in [-0.3, -0.25) is 24.0 Å². The molecule has 2 atom stereocenters. The number of carbonyl (C=O) groups is 3. The minimum atomic E-state index is -0.211. The van der Waals surface area contributed by atoms with E-state index in [0.717, 1.165) is 29.4 Å². The molecule has 0 bridgehead atoms. The summed E-state index contributed by atoms with van der Waals surface area (Å²) in [6.45, 7) is 1.63. The van der Waals surface area contributed by atoms with Crippen molar-refractivity contribution in [1.82, 2.24) is 20.0 Å². The summed E-state index contributed by atoms with van der Waals surface area (Å²) < 4.78 is 1.75. The lowest BCUT2D eigenvalue weighted by Crippen LogP contribution is -2.28. The van der Waals surface area contributed by atoms with E-state index in [1.54, 1.807) is 16.8 Å². The summed E-state index contributed by atoms with van der Waals surface area (Å²) in [5.41, 5.74) is 2.60. The van der Waals surface area contributed by atoms with Crippen molar-refractivity contribution in [2.24, 2.45) is 13.0 Å². The first kappa shape index (κ1) is 21.4. The van der Waals surface area contributed by atoms with Crippen LogP contribution in [0.2, 0.25) is 0 Å². The first-order valence-corrected chi connectivity index (χ1v) is 10.1. The topological polar surface area (TPSA) is 96.3 Å². The van der Waals surface area contributed by atoms with E-state index in [0.29, 0.717) is 12.2 Å². The monoisotopic (exact) mass is 435 g/mol. The molecule has 2 aliphatic heterocycles. The SMILES string of the molecule is Cl.Cn1cc([C@H]2CNC[C@@H]2C(=O)Nc2ccc(CN3C(=O)CSC3=O)cc2)cn1. The van der Waals surface area contributed by atoms with Gasteiger partial charge in [0.05, 0.1) is 24.4 Å². The fourth-order valence-electron chi connectivity index (χ4n) is 3.58. The maximum Gasteiger partial charge on any atom is 0.289 e. The second-order valence-corrected chi connectivity index (χ2v) is 7.97. The number of anilines is 1. The molecule has 10 heteroatoms. The van der Waals surface area contributed by atoms with Crippen LogP contribution in [0.1, 0.15) is 17.0 Å². The van der Waals surface area contributed by atoms with Crippen molar-refractivity contribution in [3.05, 3.63) is 47.8 Å². The van der Waals surface area contributed by atoms with Crippen LogP contribution < -0.4 is 10.6 Å². The van der Waals surface area contributed by atoms with Crippen molar-refractivity contribution >= 4 is 46.9 Å². The molecule has 2 aliphatic rings. The summed E-state index contributed by atoms with van der Waals surface area (Å²) in [6, 6.07) is 7.25. The summed E-state index contributed by atoms with van der Waals surface area (Å²) in [5.74, 6) is -0.0607. The van der Waals surface area contributed by atoms with Gasteiger partial charge in [-0.05, 0) is 23.3 Å². The molecule has 1 aromatic carbocycles. The Balaban J connectivity index is 0.00000240. The van der Waals surface area contributed by atoms with Crippen LogP contribution >= 0.6 is 24.2 Å². The Hall–Kier alpha value is -2.36. The fourth-order valence-corrected chi connectivity index (χ4v) is 4.31. The predicted octanol–water partition coefficient (Wildman–Crippen LogP) is 1.98. The molecule has 3 amide bonds. The Kier molecular flexibility index (Phi) is 6.61. The maximum atomic E-state index is 12.8. The normalized spacial score (nSPS) is 21.3. The number of aryl methyl sites for hydroxylation is 1. The average molecular weight is 436 g/mol. The number of halogens is 1. The van der Waals surface area contributed by atoms with E-state index in [1.165, 1.54) is 4.90 Å². The van der Waals surface area contributed by atoms with Crippen molar-refractivity contribution < 1.29 is 14.4 Å². The van der Waals surface area contributed by atoms with Gasteiger partial charge in [0, 0.05) is 37.9 Å². The van der Waals surface area contributed by atoms with Crippen LogP contribution in [0.15, 0.2) is 36.7 Å². The third kappa shape index (κ3) is 4.63. The molecule has 29 heavy (non-hydrogen) atoms. The number of carbonyl (C=O) groups excluding carboxylic acids is 3. The number of thioether (sulfide) groups is 1. The molecule has 0 saturated carbocycles. The van der Waals surface area contributed by atoms with Crippen molar-refractivity contribution in [3.8, 4) is 0 Å². The van der Waals surface area contributed by atoms with Gasteiger partial charge < -0.3 is 10.6 Å². The summed E-state index contributed by atoms with van der Waals surface area (Å²) >= 11 is 1.03. The maximum absolute atomic E-state index is 12.8. The Bertz CT molecular complexity index is 901. The second kappa shape index (κ2) is 8.98. The standard InChI is InChI=1S/C19H21N5O3S.ClH/c1-23-10-13(6-21-23)15-7-20-8-16(15)18(26)22-14-4-2-12(3-5-14)9-24-17(25)11-28-19(24)27;/h2-6,10,15-16,20H,7-9,11H2,1H3,(H,22,26);1H/t15-,16+;/m1./s1. The van der Waals surface area contributed by atoms with E-state index in [1.807, 2.05) is 31.6 Å². The Labute approximate surface area is 178 Å².